The number of hydrogen-bond acceptors (Lipinski definition) is 3. The Balaban J connectivity index is 2.06. The molecule has 1 aliphatic heterocycles. The SMILES string of the molecule is Nc1cc(-c2ccc3c(c2)CCO3)[nH]n1. The highest BCUT2D eigenvalue weighted by Crippen LogP contribution is 2.29. The van der Waals surface area contributed by atoms with Crippen molar-refractivity contribution in [3.63, 3.8) is 0 Å². The molecule has 0 spiro atoms. The Hall–Kier alpha value is -1.97. The van der Waals surface area contributed by atoms with Gasteiger partial charge in [0.05, 0.1) is 12.3 Å². The van der Waals surface area contributed by atoms with Gasteiger partial charge < -0.3 is 10.5 Å². The smallest absolute Gasteiger partial charge is 0.145 e. The number of rotatable bonds is 1. The van der Waals surface area contributed by atoms with E-state index in [2.05, 4.69) is 16.3 Å². The minimum absolute atomic E-state index is 0.516. The first-order valence-electron chi connectivity index (χ1n) is 4.90. The number of aromatic amines is 1. The zero-order valence-corrected chi connectivity index (χ0v) is 8.16. The summed E-state index contributed by atoms with van der Waals surface area (Å²) in [7, 11) is 0. The fourth-order valence-electron chi connectivity index (χ4n) is 1.84. The first-order valence-corrected chi connectivity index (χ1v) is 4.90. The van der Waals surface area contributed by atoms with Crippen LogP contribution in [0.5, 0.6) is 5.75 Å². The third-order valence-electron chi connectivity index (χ3n) is 2.60. The van der Waals surface area contributed by atoms with Crippen LogP contribution in [0.2, 0.25) is 0 Å². The lowest BCUT2D eigenvalue weighted by Crippen LogP contribution is -1.85. The summed E-state index contributed by atoms with van der Waals surface area (Å²) in [6, 6.07) is 7.96. The van der Waals surface area contributed by atoms with E-state index in [0.29, 0.717) is 5.82 Å². The van der Waals surface area contributed by atoms with Gasteiger partial charge in [0, 0.05) is 18.1 Å². The molecular weight excluding hydrogens is 190 g/mol. The van der Waals surface area contributed by atoms with Crippen molar-refractivity contribution in [3.8, 4) is 17.0 Å². The zero-order valence-electron chi connectivity index (χ0n) is 8.16. The van der Waals surface area contributed by atoms with Gasteiger partial charge in [-0.05, 0) is 23.8 Å². The van der Waals surface area contributed by atoms with E-state index in [0.717, 1.165) is 30.0 Å². The predicted molar refractivity (Wildman–Crippen MR) is 57.6 cm³/mol. The van der Waals surface area contributed by atoms with Crippen LogP contribution in [0.1, 0.15) is 5.56 Å². The van der Waals surface area contributed by atoms with E-state index in [9.17, 15) is 0 Å². The summed E-state index contributed by atoms with van der Waals surface area (Å²) in [6.07, 6.45) is 0.979. The maximum atomic E-state index is 5.56. The summed E-state index contributed by atoms with van der Waals surface area (Å²) in [5.74, 6) is 1.51. The molecule has 0 saturated heterocycles. The van der Waals surface area contributed by atoms with Crippen molar-refractivity contribution in [1.82, 2.24) is 10.2 Å². The minimum Gasteiger partial charge on any atom is -0.493 e. The molecule has 0 saturated carbocycles. The van der Waals surface area contributed by atoms with Crippen LogP contribution in [0.3, 0.4) is 0 Å². The standard InChI is InChI=1S/C11H11N3O/c12-11-6-9(13-14-11)7-1-2-10-8(5-7)3-4-15-10/h1-2,5-6H,3-4H2,(H3,12,13,14). The molecular formula is C11H11N3O. The van der Waals surface area contributed by atoms with Crippen LogP contribution in [-0.4, -0.2) is 16.8 Å². The predicted octanol–water partition coefficient (Wildman–Crippen LogP) is 1.59. The number of H-pyrrole nitrogens is 1. The van der Waals surface area contributed by atoms with Crippen molar-refractivity contribution in [2.45, 2.75) is 6.42 Å². The third kappa shape index (κ3) is 1.34. The van der Waals surface area contributed by atoms with Crippen LogP contribution in [0.15, 0.2) is 24.3 Å². The second-order valence-electron chi connectivity index (χ2n) is 3.63. The number of nitrogen functional groups attached to an aromatic ring is 1. The largest absolute Gasteiger partial charge is 0.493 e. The fraction of sp³-hybridized carbons (Fsp3) is 0.182. The molecule has 4 nitrogen and oxygen atoms in total. The van der Waals surface area contributed by atoms with E-state index in [-0.39, 0.29) is 0 Å². The second kappa shape index (κ2) is 3.02. The molecule has 0 fully saturated rings. The van der Waals surface area contributed by atoms with E-state index in [1.807, 2.05) is 18.2 Å². The molecule has 0 radical (unpaired) electrons. The van der Waals surface area contributed by atoms with Crippen LogP contribution < -0.4 is 10.5 Å². The lowest BCUT2D eigenvalue weighted by Gasteiger charge is -2.01. The average molecular weight is 201 g/mol. The quantitative estimate of drug-likeness (QED) is 0.736. The molecule has 0 atom stereocenters. The highest BCUT2D eigenvalue weighted by molar-refractivity contribution is 5.64. The number of ether oxygens (including phenoxy) is 1. The summed E-state index contributed by atoms with van der Waals surface area (Å²) in [5.41, 5.74) is 8.86. The summed E-state index contributed by atoms with van der Waals surface area (Å²) in [5, 5.41) is 6.81. The Morgan fingerprint density at radius 2 is 2.27 bits per heavy atom. The molecule has 0 bridgehead atoms. The number of hydrogen-bond donors (Lipinski definition) is 2. The van der Waals surface area contributed by atoms with Gasteiger partial charge in [-0.1, -0.05) is 0 Å². The van der Waals surface area contributed by atoms with Crippen molar-refractivity contribution in [3.05, 3.63) is 29.8 Å². The Kier molecular flexibility index (Phi) is 1.68. The van der Waals surface area contributed by atoms with Crippen molar-refractivity contribution < 1.29 is 4.74 Å². The van der Waals surface area contributed by atoms with Gasteiger partial charge in [-0.3, -0.25) is 5.10 Å². The number of nitrogens with two attached hydrogens (primary N) is 1. The Labute approximate surface area is 87.1 Å². The molecule has 15 heavy (non-hydrogen) atoms. The van der Waals surface area contributed by atoms with Crippen molar-refractivity contribution in [2.24, 2.45) is 0 Å². The van der Waals surface area contributed by atoms with Crippen molar-refractivity contribution >= 4 is 5.82 Å². The maximum absolute atomic E-state index is 5.56. The maximum Gasteiger partial charge on any atom is 0.145 e. The Morgan fingerprint density at radius 3 is 3.07 bits per heavy atom. The lowest BCUT2D eigenvalue weighted by molar-refractivity contribution is 0.357. The third-order valence-corrected chi connectivity index (χ3v) is 2.60. The molecule has 2 heterocycles. The molecule has 76 valence electrons. The van der Waals surface area contributed by atoms with Gasteiger partial charge in [-0.15, -0.1) is 0 Å². The monoisotopic (exact) mass is 201 g/mol. The molecule has 1 aliphatic rings. The fourth-order valence-corrected chi connectivity index (χ4v) is 1.84. The topological polar surface area (TPSA) is 63.9 Å². The number of nitrogens with one attached hydrogen (secondary N) is 1. The molecule has 0 unspecified atom stereocenters. The number of anilines is 1. The summed E-state index contributed by atoms with van der Waals surface area (Å²) in [4.78, 5) is 0. The molecule has 0 amide bonds. The highest BCUT2D eigenvalue weighted by atomic mass is 16.5. The highest BCUT2D eigenvalue weighted by Gasteiger charge is 2.13. The van der Waals surface area contributed by atoms with E-state index >= 15 is 0 Å². The summed E-state index contributed by atoms with van der Waals surface area (Å²) < 4.78 is 5.44. The molecule has 0 aliphatic carbocycles. The van der Waals surface area contributed by atoms with Crippen molar-refractivity contribution in [1.29, 1.82) is 0 Å². The zero-order chi connectivity index (χ0) is 10.3. The Bertz CT molecular complexity index is 504. The molecule has 3 rings (SSSR count). The first-order chi connectivity index (χ1) is 7.33. The van der Waals surface area contributed by atoms with Crippen LogP contribution in [0, 0.1) is 0 Å². The van der Waals surface area contributed by atoms with Gasteiger partial charge in [-0.2, -0.15) is 5.10 Å². The normalized spacial score (nSPS) is 13.6. The van der Waals surface area contributed by atoms with Crippen LogP contribution >= 0.6 is 0 Å². The van der Waals surface area contributed by atoms with Crippen LogP contribution in [0.25, 0.3) is 11.3 Å². The van der Waals surface area contributed by atoms with Gasteiger partial charge in [0.2, 0.25) is 0 Å². The number of nitrogens with zero attached hydrogens (tertiary/aromatic N) is 1. The summed E-state index contributed by atoms with van der Waals surface area (Å²) in [6.45, 7) is 0.782. The van der Waals surface area contributed by atoms with Gasteiger partial charge in [0.25, 0.3) is 0 Å². The number of aromatic nitrogens is 2. The van der Waals surface area contributed by atoms with Crippen LogP contribution in [0.4, 0.5) is 5.82 Å². The van der Waals surface area contributed by atoms with E-state index in [1.54, 1.807) is 0 Å². The van der Waals surface area contributed by atoms with E-state index in [4.69, 9.17) is 10.5 Å². The van der Waals surface area contributed by atoms with Gasteiger partial charge in [0.15, 0.2) is 0 Å². The lowest BCUT2D eigenvalue weighted by atomic mass is 10.1. The molecule has 4 heteroatoms. The molecule has 3 N–H and O–H groups in total. The number of benzene rings is 1. The van der Waals surface area contributed by atoms with Crippen LogP contribution in [-0.2, 0) is 6.42 Å². The van der Waals surface area contributed by atoms with Gasteiger partial charge in [-0.25, -0.2) is 0 Å². The Morgan fingerprint density at radius 1 is 1.33 bits per heavy atom. The van der Waals surface area contributed by atoms with E-state index < -0.39 is 0 Å². The first kappa shape index (κ1) is 8.35. The van der Waals surface area contributed by atoms with Gasteiger partial charge in [0.1, 0.15) is 11.6 Å². The summed E-state index contributed by atoms with van der Waals surface area (Å²) >= 11 is 0. The molecule has 2 aromatic rings. The van der Waals surface area contributed by atoms with Gasteiger partial charge >= 0.3 is 0 Å². The second-order valence-corrected chi connectivity index (χ2v) is 3.63. The molecule has 1 aromatic carbocycles. The number of fused-ring (bicyclic) bond motifs is 1. The minimum atomic E-state index is 0.516. The molecule has 1 aromatic heterocycles. The average Bonchev–Trinajstić information content (AvgIpc) is 2.84. The van der Waals surface area contributed by atoms with E-state index in [1.165, 1.54) is 5.56 Å². The van der Waals surface area contributed by atoms with Crippen molar-refractivity contribution in [2.75, 3.05) is 12.3 Å².